The second-order valence-electron chi connectivity index (χ2n) is 4.96. The lowest BCUT2D eigenvalue weighted by Crippen LogP contribution is -2.33. The predicted molar refractivity (Wildman–Crippen MR) is 79.7 cm³/mol. The van der Waals surface area contributed by atoms with Crippen LogP contribution in [0.25, 0.3) is 0 Å². The Balaban J connectivity index is 2.46. The molecule has 6 heteroatoms. The summed E-state index contributed by atoms with van der Waals surface area (Å²) in [5, 5.41) is 15.1. The molecule has 1 amide bonds. The molecule has 0 aliphatic rings. The molecule has 1 rings (SSSR count). The molecule has 1 heterocycles. The van der Waals surface area contributed by atoms with Gasteiger partial charge in [0.2, 0.25) is 10.1 Å². The second-order valence-corrected chi connectivity index (χ2v) is 5.94. The minimum atomic E-state index is -0.127. The Labute approximate surface area is 119 Å². The summed E-state index contributed by atoms with van der Waals surface area (Å²) < 4.78 is 0. The Bertz CT molecular complexity index is 394. The lowest BCUT2D eigenvalue weighted by Gasteiger charge is -2.16. The molecule has 0 bridgehead atoms. The third-order valence-corrected chi connectivity index (χ3v) is 3.86. The zero-order chi connectivity index (χ0) is 14.3. The van der Waals surface area contributed by atoms with E-state index in [4.69, 9.17) is 0 Å². The van der Waals surface area contributed by atoms with E-state index >= 15 is 0 Å². The van der Waals surface area contributed by atoms with Gasteiger partial charge in [0.1, 0.15) is 0 Å². The largest absolute Gasteiger partial charge is 0.360 e. The predicted octanol–water partition coefficient (Wildman–Crippen LogP) is 2.91. The van der Waals surface area contributed by atoms with Gasteiger partial charge >= 0.3 is 0 Å². The maximum Gasteiger partial charge on any atom is 0.282 e. The van der Waals surface area contributed by atoms with Gasteiger partial charge in [-0.1, -0.05) is 38.5 Å². The maximum atomic E-state index is 12.0. The van der Waals surface area contributed by atoms with Crippen LogP contribution >= 0.6 is 11.3 Å². The molecule has 5 nitrogen and oxygen atoms in total. The van der Waals surface area contributed by atoms with E-state index in [1.54, 1.807) is 0 Å². The van der Waals surface area contributed by atoms with Crippen LogP contribution in [0.3, 0.4) is 0 Å². The summed E-state index contributed by atoms with van der Waals surface area (Å²) in [7, 11) is 0. The summed E-state index contributed by atoms with van der Waals surface area (Å²) in [4.78, 5) is 12.0. The first-order valence-electron chi connectivity index (χ1n) is 6.95. The van der Waals surface area contributed by atoms with Crippen LogP contribution in [0.2, 0.25) is 0 Å². The number of amides is 1. The minimum absolute atomic E-state index is 0.127. The topological polar surface area (TPSA) is 66.9 Å². The number of nitrogens with one attached hydrogen (secondary N) is 2. The number of carbonyl (C=O) groups excluding carboxylic acids is 1. The number of aromatic nitrogens is 2. The van der Waals surface area contributed by atoms with Crippen LogP contribution in [-0.2, 0) is 0 Å². The van der Waals surface area contributed by atoms with Gasteiger partial charge in [0.15, 0.2) is 0 Å². The summed E-state index contributed by atoms with van der Waals surface area (Å²) in [5.41, 5.74) is 0. The lowest BCUT2D eigenvalue weighted by molar-refractivity contribution is 0.0934. The molecule has 0 saturated heterocycles. The summed E-state index contributed by atoms with van der Waals surface area (Å²) in [6.45, 7) is 9.32. The number of carbonyl (C=O) groups is 1. The molecule has 0 aliphatic carbocycles. The normalized spacial score (nSPS) is 13.9. The lowest BCUT2D eigenvalue weighted by atomic mass is 10.0. The van der Waals surface area contributed by atoms with Gasteiger partial charge < -0.3 is 10.6 Å². The zero-order valence-electron chi connectivity index (χ0n) is 12.2. The van der Waals surface area contributed by atoms with Crippen molar-refractivity contribution < 1.29 is 4.79 Å². The van der Waals surface area contributed by atoms with E-state index in [0.29, 0.717) is 16.1 Å². The number of hydrogen-bond acceptors (Lipinski definition) is 5. The molecular weight excluding hydrogens is 260 g/mol. The molecule has 108 valence electrons. The van der Waals surface area contributed by atoms with Crippen LogP contribution in [0.1, 0.15) is 56.8 Å². The first-order chi connectivity index (χ1) is 9.06. The molecule has 2 atom stereocenters. The highest BCUT2D eigenvalue weighted by molar-refractivity contribution is 7.17. The fraction of sp³-hybridized carbons (Fsp3) is 0.769. The quantitative estimate of drug-likeness (QED) is 0.770. The van der Waals surface area contributed by atoms with Crippen LogP contribution in [0.4, 0.5) is 5.13 Å². The highest BCUT2D eigenvalue weighted by atomic mass is 32.1. The molecule has 1 aromatic rings. The van der Waals surface area contributed by atoms with Gasteiger partial charge in [-0.25, -0.2) is 0 Å². The van der Waals surface area contributed by atoms with E-state index in [-0.39, 0.29) is 11.9 Å². The Kier molecular flexibility index (Phi) is 6.77. The summed E-state index contributed by atoms with van der Waals surface area (Å²) in [6, 6.07) is 0.165. The van der Waals surface area contributed by atoms with Gasteiger partial charge in [-0.15, -0.1) is 10.2 Å². The standard InChI is InChI=1S/C13H24N4OS/c1-5-7-14-13-17-16-12(19-13)11(18)15-10(4)8-9(3)6-2/h9-10H,5-8H2,1-4H3,(H,14,17)(H,15,18). The zero-order valence-corrected chi connectivity index (χ0v) is 13.0. The first-order valence-corrected chi connectivity index (χ1v) is 7.76. The van der Waals surface area contributed by atoms with Crippen LogP contribution in [0.15, 0.2) is 0 Å². The molecule has 2 unspecified atom stereocenters. The summed E-state index contributed by atoms with van der Waals surface area (Å²) in [5.74, 6) is 0.490. The van der Waals surface area contributed by atoms with E-state index in [2.05, 4.69) is 41.6 Å². The van der Waals surface area contributed by atoms with Crippen molar-refractivity contribution in [3.63, 3.8) is 0 Å². The van der Waals surface area contributed by atoms with Gasteiger partial charge in [0.05, 0.1) is 0 Å². The molecule has 0 saturated carbocycles. The Morgan fingerprint density at radius 3 is 2.68 bits per heavy atom. The van der Waals surface area contributed by atoms with Crippen LogP contribution < -0.4 is 10.6 Å². The number of nitrogens with zero attached hydrogens (tertiary/aromatic N) is 2. The highest BCUT2D eigenvalue weighted by Gasteiger charge is 2.16. The molecule has 0 aliphatic heterocycles. The van der Waals surface area contributed by atoms with Crippen molar-refractivity contribution in [3.05, 3.63) is 5.01 Å². The number of anilines is 1. The van der Waals surface area contributed by atoms with Crippen molar-refractivity contribution in [3.8, 4) is 0 Å². The van der Waals surface area contributed by atoms with Crippen molar-refractivity contribution in [2.75, 3.05) is 11.9 Å². The SMILES string of the molecule is CCCNc1nnc(C(=O)NC(C)CC(C)CC)s1. The maximum absolute atomic E-state index is 12.0. The summed E-state index contributed by atoms with van der Waals surface area (Å²) >= 11 is 1.30. The molecule has 19 heavy (non-hydrogen) atoms. The molecular formula is C13H24N4OS. The van der Waals surface area contributed by atoms with Gasteiger partial charge in [0.25, 0.3) is 5.91 Å². The van der Waals surface area contributed by atoms with Gasteiger partial charge in [-0.2, -0.15) is 0 Å². The molecule has 1 aromatic heterocycles. The van der Waals surface area contributed by atoms with Crippen LogP contribution in [-0.4, -0.2) is 28.7 Å². The fourth-order valence-corrected chi connectivity index (χ4v) is 2.41. The number of rotatable bonds is 8. The first kappa shape index (κ1) is 15.9. The molecule has 0 radical (unpaired) electrons. The number of hydrogen-bond donors (Lipinski definition) is 2. The third-order valence-electron chi connectivity index (χ3n) is 2.98. The van der Waals surface area contributed by atoms with Gasteiger partial charge in [-0.3, -0.25) is 4.79 Å². The van der Waals surface area contributed by atoms with Crippen LogP contribution in [0.5, 0.6) is 0 Å². The van der Waals surface area contributed by atoms with E-state index in [9.17, 15) is 4.79 Å². The smallest absolute Gasteiger partial charge is 0.282 e. The van der Waals surface area contributed by atoms with Crippen molar-refractivity contribution in [2.24, 2.45) is 5.92 Å². The monoisotopic (exact) mass is 284 g/mol. The molecule has 2 N–H and O–H groups in total. The van der Waals surface area contributed by atoms with E-state index in [1.165, 1.54) is 11.3 Å². The molecule has 0 fully saturated rings. The second kappa shape index (κ2) is 8.09. The highest BCUT2D eigenvalue weighted by Crippen LogP contribution is 2.16. The van der Waals surface area contributed by atoms with E-state index in [1.807, 2.05) is 6.92 Å². The Morgan fingerprint density at radius 1 is 1.32 bits per heavy atom. The Morgan fingerprint density at radius 2 is 2.05 bits per heavy atom. The van der Waals surface area contributed by atoms with Crippen molar-refractivity contribution in [1.82, 2.24) is 15.5 Å². The minimum Gasteiger partial charge on any atom is -0.360 e. The van der Waals surface area contributed by atoms with Gasteiger partial charge in [-0.05, 0) is 25.7 Å². The van der Waals surface area contributed by atoms with Crippen LogP contribution in [0, 0.1) is 5.92 Å². The van der Waals surface area contributed by atoms with Gasteiger partial charge in [0, 0.05) is 12.6 Å². The average molecular weight is 284 g/mol. The van der Waals surface area contributed by atoms with E-state index in [0.717, 1.165) is 25.8 Å². The Hall–Kier alpha value is -1.17. The van der Waals surface area contributed by atoms with Crippen molar-refractivity contribution in [2.45, 2.75) is 53.0 Å². The average Bonchev–Trinajstić information content (AvgIpc) is 2.84. The third kappa shape index (κ3) is 5.55. The fourth-order valence-electron chi connectivity index (χ4n) is 1.73. The summed E-state index contributed by atoms with van der Waals surface area (Å²) in [6.07, 6.45) is 3.14. The van der Waals surface area contributed by atoms with E-state index < -0.39 is 0 Å². The van der Waals surface area contributed by atoms with Crippen molar-refractivity contribution in [1.29, 1.82) is 0 Å². The molecule has 0 aromatic carbocycles. The van der Waals surface area contributed by atoms with Crippen molar-refractivity contribution >= 4 is 22.4 Å². The molecule has 0 spiro atoms.